The van der Waals surface area contributed by atoms with Crippen molar-refractivity contribution < 1.29 is 8.78 Å². The van der Waals surface area contributed by atoms with E-state index < -0.39 is 28.9 Å². The number of nitrogens with zero attached hydrogens (tertiary/aromatic N) is 1. The van der Waals surface area contributed by atoms with E-state index in [9.17, 15) is 18.4 Å². The summed E-state index contributed by atoms with van der Waals surface area (Å²) in [5.74, 6) is -1.86. The number of hydrogen-bond donors (Lipinski definition) is 2. The molecule has 0 saturated heterocycles. The first kappa shape index (κ1) is 21.8. The lowest BCUT2D eigenvalue weighted by Gasteiger charge is -2.26. The predicted octanol–water partition coefficient (Wildman–Crippen LogP) is -3.05. The number of aromatic nitrogens is 2. The summed E-state index contributed by atoms with van der Waals surface area (Å²) in [4.78, 5) is 27.3. The molecule has 0 spiro atoms. The first-order valence-electron chi connectivity index (χ1n) is 8.61. The van der Waals surface area contributed by atoms with Crippen LogP contribution in [0.1, 0.15) is 18.5 Å². The van der Waals surface area contributed by atoms with Crippen molar-refractivity contribution in [3.8, 4) is 5.69 Å². The molecule has 3 aromatic rings. The molecule has 0 bridgehead atoms. The molecular formula is C18H10B5F2N3O2. The zero-order chi connectivity index (χ0) is 22.3. The van der Waals surface area contributed by atoms with Gasteiger partial charge in [0.25, 0.3) is 5.56 Å². The highest BCUT2D eigenvalue weighted by Gasteiger charge is 2.17. The van der Waals surface area contributed by atoms with Gasteiger partial charge in [0, 0.05) is 18.2 Å². The van der Waals surface area contributed by atoms with Crippen LogP contribution in [0.2, 0.25) is 0 Å². The van der Waals surface area contributed by atoms with Gasteiger partial charge in [-0.3, -0.25) is 9.78 Å². The summed E-state index contributed by atoms with van der Waals surface area (Å²) in [7, 11) is 29.5. The van der Waals surface area contributed by atoms with Gasteiger partial charge in [0.15, 0.2) is 0 Å². The molecule has 2 N–H and O–H groups in total. The average molecular weight is 392 g/mol. The maximum absolute atomic E-state index is 13.5. The lowest BCUT2D eigenvalue weighted by atomic mass is 9.59. The molecule has 138 valence electrons. The number of aromatic amines is 1. The van der Waals surface area contributed by atoms with Crippen LogP contribution in [0.15, 0.2) is 33.9 Å². The topological polar surface area (TPSA) is 66.9 Å². The van der Waals surface area contributed by atoms with E-state index >= 15 is 0 Å². The van der Waals surface area contributed by atoms with Crippen molar-refractivity contribution in [1.29, 1.82) is 0 Å². The van der Waals surface area contributed by atoms with Crippen molar-refractivity contribution in [1.82, 2.24) is 9.55 Å². The first-order valence-corrected chi connectivity index (χ1v) is 8.61. The molecule has 30 heavy (non-hydrogen) atoms. The van der Waals surface area contributed by atoms with E-state index in [0.29, 0.717) is 16.2 Å². The van der Waals surface area contributed by atoms with Crippen LogP contribution in [0.5, 0.6) is 0 Å². The summed E-state index contributed by atoms with van der Waals surface area (Å²) in [5, 5.41) is 2.87. The van der Waals surface area contributed by atoms with E-state index in [1.807, 2.05) is 0 Å². The van der Waals surface area contributed by atoms with E-state index in [-0.39, 0.29) is 38.8 Å². The van der Waals surface area contributed by atoms with E-state index in [2.05, 4.69) is 10.3 Å². The van der Waals surface area contributed by atoms with Crippen molar-refractivity contribution in [3.63, 3.8) is 0 Å². The summed E-state index contributed by atoms with van der Waals surface area (Å²) in [6, 6.07) is 2.73. The number of halogens is 2. The Morgan fingerprint density at radius 3 is 1.87 bits per heavy atom. The van der Waals surface area contributed by atoms with Gasteiger partial charge in [0.2, 0.25) is 0 Å². The molecule has 5 nitrogen and oxygen atoms in total. The molecule has 0 aliphatic heterocycles. The second kappa shape index (κ2) is 8.09. The Labute approximate surface area is 177 Å². The number of rotatable bonds is 4. The molecular weight excluding hydrogens is 382 g/mol. The molecule has 10 radical (unpaired) electrons. The molecule has 0 aliphatic carbocycles. The predicted molar refractivity (Wildman–Crippen MR) is 118 cm³/mol. The fraction of sp³-hybridized carbons (Fsp3) is 0.111. The molecule has 12 heteroatoms. The Morgan fingerprint density at radius 1 is 0.867 bits per heavy atom. The van der Waals surface area contributed by atoms with Crippen LogP contribution < -0.4 is 43.9 Å². The molecule has 0 amide bonds. The Bertz CT molecular complexity index is 1200. The Hall–Kier alpha value is -2.90. The molecule has 0 aliphatic rings. The zero-order valence-electron chi connectivity index (χ0n) is 15.8. The number of hydrogen-bond acceptors (Lipinski definition) is 3. The Kier molecular flexibility index (Phi) is 5.88. The Morgan fingerprint density at radius 2 is 1.37 bits per heavy atom. The second-order valence-corrected chi connectivity index (χ2v) is 6.64. The summed E-state index contributed by atoms with van der Waals surface area (Å²) < 4.78 is 27.5. The third-order valence-corrected chi connectivity index (χ3v) is 4.58. The summed E-state index contributed by atoms with van der Waals surface area (Å²) in [5.41, 5.74) is -1.29. The molecule has 1 aromatic heterocycles. The number of H-pyrrole nitrogens is 1. The fourth-order valence-corrected chi connectivity index (χ4v) is 3.13. The van der Waals surface area contributed by atoms with Gasteiger partial charge in [-0.15, -0.1) is 16.4 Å². The van der Waals surface area contributed by atoms with Crippen LogP contribution in [0.4, 0.5) is 14.6 Å². The minimum atomic E-state index is -0.934. The molecule has 0 saturated carbocycles. The number of benzene rings is 2. The van der Waals surface area contributed by atoms with Gasteiger partial charge < -0.3 is 5.32 Å². The van der Waals surface area contributed by atoms with Gasteiger partial charge in [-0.25, -0.2) is 18.1 Å². The third-order valence-electron chi connectivity index (χ3n) is 4.58. The van der Waals surface area contributed by atoms with Crippen LogP contribution in [0, 0.1) is 11.6 Å². The molecule has 1 atom stereocenters. The average Bonchev–Trinajstić information content (AvgIpc) is 2.63. The summed E-state index contributed by atoms with van der Waals surface area (Å²) in [6.07, 6.45) is 0. The van der Waals surface area contributed by atoms with Crippen molar-refractivity contribution in [2.75, 3.05) is 5.32 Å². The normalized spacial score (nSPS) is 12.0. The van der Waals surface area contributed by atoms with E-state index in [4.69, 9.17) is 39.2 Å². The quantitative estimate of drug-likeness (QED) is 0.464. The number of anilines is 1. The standard InChI is InChI=1S/C18H10B5F2N3O2/c1-6(12-13(19)15(21)17(23)16(22)14(12)20)26-10-5-11(29)28(18(30)27-10)9-3-7(24)2-8(25)4-9/h2-6,26H,1H3,(H,27,30)/t6-/m0/s1. The molecule has 1 heterocycles. The van der Waals surface area contributed by atoms with Gasteiger partial charge in [-0.05, 0) is 24.6 Å². The highest BCUT2D eigenvalue weighted by atomic mass is 19.1. The second-order valence-electron chi connectivity index (χ2n) is 6.64. The van der Waals surface area contributed by atoms with Gasteiger partial charge in [-0.1, -0.05) is 10.9 Å². The Balaban J connectivity index is 2.02. The minimum absolute atomic E-state index is 0.0124. The smallest absolute Gasteiger partial charge is 0.334 e. The molecule has 0 fully saturated rings. The monoisotopic (exact) mass is 393 g/mol. The molecule has 3 rings (SSSR count). The lowest BCUT2D eigenvalue weighted by molar-refractivity contribution is 0.580. The maximum Gasteiger partial charge on any atom is 0.334 e. The highest BCUT2D eigenvalue weighted by Crippen LogP contribution is 2.13. The summed E-state index contributed by atoms with van der Waals surface area (Å²) >= 11 is 0. The van der Waals surface area contributed by atoms with Gasteiger partial charge >= 0.3 is 5.69 Å². The maximum atomic E-state index is 13.5. The van der Waals surface area contributed by atoms with Crippen LogP contribution in [-0.2, 0) is 0 Å². The van der Waals surface area contributed by atoms with Crippen LogP contribution in [0.25, 0.3) is 5.69 Å². The first-order chi connectivity index (χ1) is 14.0. The largest absolute Gasteiger partial charge is 0.365 e. The minimum Gasteiger partial charge on any atom is -0.365 e. The van der Waals surface area contributed by atoms with Crippen molar-refractivity contribution >= 4 is 72.4 Å². The molecule has 2 aromatic carbocycles. The summed E-state index contributed by atoms with van der Waals surface area (Å²) in [6.45, 7) is 1.64. The van der Waals surface area contributed by atoms with E-state index in [1.54, 1.807) is 6.92 Å². The van der Waals surface area contributed by atoms with Crippen LogP contribution in [0.3, 0.4) is 0 Å². The van der Waals surface area contributed by atoms with Crippen molar-refractivity contribution in [3.05, 3.63) is 62.3 Å². The van der Waals surface area contributed by atoms with Crippen LogP contribution in [-0.4, -0.2) is 48.8 Å². The van der Waals surface area contributed by atoms with Gasteiger partial charge in [0.1, 0.15) is 56.7 Å². The SMILES string of the molecule is [B]c1c([B])c([B])c([C@H](C)Nc2cc(=O)n(-c3cc(F)cc(F)c3)c(=O)[nH]2)c([B])c1[B]. The highest BCUT2D eigenvalue weighted by molar-refractivity contribution is 6.67. The zero-order valence-corrected chi connectivity index (χ0v) is 15.8. The van der Waals surface area contributed by atoms with Crippen molar-refractivity contribution in [2.24, 2.45) is 0 Å². The van der Waals surface area contributed by atoms with Gasteiger partial charge in [0.05, 0.1) is 5.69 Å². The van der Waals surface area contributed by atoms with Crippen molar-refractivity contribution in [2.45, 2.75) is 13.0 Å². The van der Waals surface area contributed by atoms with Crippen LogP contribution >= 0.6 is 0 Å². The number of nitrogens with one attached hydrogen (secondary N) is 2. The third kappa shape index (κ3) is 3.91. The van der Waals surface area contributed by atoms with Gasteiger partial charge in [-0.2, -0.15) is 0 Å². The van der Waals surface area contributed by atoms with E-state index in [1.165, 1.54) is 0 Å². The van der Waals surface area contributed by atoms with E-state index in [0.717, 1.165) is 18.2 Å². The molecule has 0 unspecified atom stereocenters. The fourth-order valence-electron chi connectivity index (χ4n) is 3.13. The lowest BCUT2D eigenvalue weighted by Crippen LogP contribution is -2.57.